The molecule has 0 spiro atoms. The van der Waals surface area contributed by atoms with E-state index in [1.807, 2.05) is 19.9 Å². The van der Waals surface area contributed by atoms with Gasteiger partial charge in [0.05, 0.1) is 27.1 Å². The number of para-hydroxylation sites is 1. The molecule has 0 radical (unpaired) electrons. The Bertz CT molecular complexity index is 1560. The molecule has 9 heteroatoms. The number of rotatable bonds is 5. The molecule has 3 heterocycles. The van der Waals surface area contributed by atoms with Crippen LogP contribution < -0.4 is 14.6 Å². The first-order valence-electron chi connectivity index (χ1n) is 11.2. The van der Waals surface area contributed by atoms with Gasteiger partial charge in [-0.15, -0.1) is 0 Å². The summed E-state index contributed by atoms with van der Waals surface area (Å²) in [5, 5.41) is 18.9. The second-order valence-corrected chi connectivity index (χ2v) is 9.10. The largest absolute Gasteiger partial charge is 0.858 e. The minimum atomic E-state index is -0.587. The van der Waals surface area contributed by atoms with Gasteiger partial charge in [-0.2, -0.15) is 9.67 Å². The SMILES string of the molecule is CCc1nn(-c2ccc(Cl)c(Cl)c2)c([O-])c1C1=C([n+]2cccc(C)c2)C(=O)N(c2ccccc2)C1=O. The third kappa shape index (κ3) is 3.86. The number of carbonyl (C=O) groups is 2. The van der Waals surface area contributed by atoms with Crippen molar-refractivity contribution < 1.29 is 19.3 Å². The average molecular weight is 519 g/mol. The topological polar surface area (TPSA) is 82.1 Å². The van der Waals surface area contributed by atoms with Gasteiger partial charge in [0.2, 0.25) is 0 Å². The smallest absolute Gasteiger partial charge is 0.331 e. The Hall–Kier alpha value is -3.94. The summed E-state index contributed by atoms with van der Waals surface area (Å²) in [5.41, 5.74) is 2.27. The van der Waals surface area contributed by atoms with Gasteiger partial charge in [0, 0.05) is 17.2 Å². The van der Waals surface area contributed by atoms with Crippen molar-refractivity contribution in [2.24, 2.45) is 0 Å². The predicted molar refractivity (Wildman–Crippen MR) is 136 cm³/mol. The number of pyridine rings is 1. The number of imide groups is 1. The summed E-state index contributed by atoms with van der Waals surface area (Å²) in [6.07, 6.45) is 3.79. The molecule has 36 heavy (non-hydrogen) atoms. The van der Waals surface area contributed by atoms with Crippen LogP contribution in [-0.4, -0.2) is 21.6 Å². The van der Waals surface area contributed by atoms with E-state index in [0.717, 1.165) is 10.5 Å². The van der Waals surface area contributed by atoms with Crippen LogP contribution in [0.15, 0.2) is 73.1 Å². The van der Waals surface area contributed by atoms with Crippen LogP contribution in [0.5, 0.6) is 5.88 Å². The molecule has 0 unspecified atom stereocenters. The summed E-state index contributed by atoms with van der Waals surface area (Å²) in [4.78, 5) is 28.7. The highest BCUT2D eigenvalue weighted by molar-refractivity contribution is 6.53. The number of hydrogen-bond donors (Lipinski definition) is 0. The maximum absolute atomic E-state index is 13.9. The van der Waals surface area contributed by atoms with E-state index in [-0.39, 0.29) is 21.9 Å². The van der Waals surface area contributed by atoms with E-state index in [1.54, 1.807) is 65.5 Å². The summed E-state index contributed by atoms with van der Waals surface area (Å²) in [6, 6.07) is 17.0. The molecule has 0 N–H and O–H groups in total. The Morgan fingerprint density at radius 2 is 1.69 bits per heavy atom. The van der Waals surface area contributed by atoms with E-state index in [1.165, 1.54) is 10.7 Å². The van der Waals surface area contributed by atoms with Gasteiger partial charge in [-0.05, 0) is 55.6 Å². The zero-order valence-corrected chi connectivity index (χ0v) is 20.9. The fourth-order valence-electron chi connectivity index (χ4n) is 4.26. The molecule has 5 rings (SSSR count). The molecular formula is C27H20Cl2N4O3. The van der Waals surface area contributed by atoms with E-state index >= 15 is 0 Å². The minimum absolute atomic E-state index is 0.00705. The van der Waals surface area contributed by atoms with Crippen molar-refractivity contribution >= 4 is 52.0 Å². The number of carbonyl (C=O) groups excluding carboxylic acids is 2. The molecule has 2 amide bonds. The first-order valence-corrected chi connectivity index (χ1v) is 12.0. The Morgan fingerprint density at radius 3 is 2.36 bits per heavy atom. The molecular weight excluding hydrogens is 499 g/mol. The fraction of sp³-hybridized carbons (Fsp3) is 0.111. The lowest BCUT2D eigenvalue weighted by Crippen LogP contribution is -2.39. The fourth-order valence-corrected chi connectivity index (χ4v) is 4.55. The lowest BCUT2D eigenvalue weighted by atomic mass is 10.0. The van der Waals surface area contributed by atoms with Crippen LogP contribution in [0.4, 0.5) is 5.69 Å². The van der Waals surface area contributed by atoms with E-state index < -0.39 is 17.7 Å². The van der Waals surface area contributed by atoms with Gasteiger partial charge in [-0.25, -0.2) is 9.58 Å². The summed E-state index contributed by atoms with van der Waals surface area (Å²) < 4.78 is 2.77. The molecule has 4 aromatic rings. The Kier molecular flexibility index (Phi) is 6.12. The minimum Gasteiger partial charge on any atom is -0.858 e. The van der Waals surface area contributed by atoms with E-state index in [4.69, 9.17) is 23.2 Å². The summed E-state index contributed by atoms with van der Waals surface area (Å²) in [5.74, 6) is -1.64. The summed E-state index contributed by atoms with van der Waals surface area (Å²) >= 11 is 12.2. The van der Waals surface area contributed by atoms with Gasteiger partial charge in [-0.1, -0.05) is 48.3 Å². The van der Waals surface area contributed by atoms with E-state index in [9.17, 15) is 14.7 Å². The van der Waals surface area contributed by atoms with Crippen molar-refractivity contribution in [3.63, 3.8) is 0 Å². The Labute approximate surface area is 217 Å². The molecule has 2 aromatic carbocycles. The van der Waals surface area contributed by atoms with Gasteiger partial charge >= 0.3 is 5.91 Å². The molecule has 1 aliphatic heterocycles. The lowest BCUT2D eigenvalue weighted by molar-refractivity contribution is -0.577. The van der Waals surface area contributed by atoms with Gasteiger partial charge in [0.15, 0.2) is 12.4 Å². The average Bonchev–Trinajstić information content (AvgIpc) is 3.33. The van der Waals surface area contributed by atoms with Crippen molar-refractivity contribution in [2.75, 3.05) is 4.90 Å². The molecule has 7 nitrogen and oxygen atoms in total. The highest BCUT2D eigenvalue weighted by Gasteiger charge is 2.47. The standard InChI is InChI=1S/C27H20Cl2N4O3/c1-3-21-22(26(35)33(30-21)18-11-12-19(28)20(29)14-18)23-24(31-13-7-8-16(2)15-31)27(36)32(25(23)34)17-9-5-4-6-10-17/h4-15H,3H2,1-2H3. The zero-order chi connectivity index (χ0) is 25.6. The molecule has 0 atom stereocenters. The molecule has 0 fully saturated rings. The number of hydrogen-bond acceptors (Lipinski definition) is 4. The number of aryl methyl sites for hydroxylation is 2. The van der Waals surface area contributed by atoms with Gasteiger partial charge in [-0.3, -0.25) is 9.59 Å². The lowest BCUT2D eigenvalue weighted by Gasteiger charge is -2.15. The Balaban J connectivity index is 1.78. The van der Waals surface area contributed by atoms with E-state index in [2.05, 4.69) is 5.10 Å². The summed E-state index contributed by atoms with van der Waals surface area (Å²) in [6.45, 7) is 3.71. The number of benzene rings is 2. The summed E-state index contributed by atoms with van der Waals surface area (Å²) in [7, 11) is 0. The number of aromatic nitrogens is 3. The maximum Gasteiger partial charge on any atom is 0.331 e. The zero-order valence-electron chi connectivity index (χ0n) is 19.4. The van der Waals surface area contributed by atoms with Crippen LogP contribution in [0.25, 0.3) is 17.0 Å². The molecule has 180 valence electrons. The highest BCUT2D eigenvalue weighted by atomic mass is 35.5. The quantitative estimate of drug-likeness (QED) is 0.290. The number of anilines is 1. The van der Waals surface area contributed by atoms with Crippen LogP contribution in [0.2, 0.25) is 10.0 Å². The molecule has 2 aromatic heterocycles. The van der Waals surface area contributed by atoms with E-state index in [0.29, 0.717) is 28.5 Å². The first-order chi connectivity index (χ1) is 17.3. The van der Waals surface area contributed by atoms with Crippen molar-refractivity contribution in [3.05, 3.63) is 99.9 Å². The van der Waals surface area contributed by atoms with Crippen LogP contribution in [0, 0.1) is 6.92 Å². The Morgan fingerprint density at radius 1 is 0.944 bits per heavy atom. The van der Waals surface area contributed by atoms with Gasteiger partial charge in [0.25, 0.3) is 11.6 Å². The second kappa shape index (κ2) is 9.26. The first kappa shape index (κ1) is 23.8. The number of amides is 2. The predicted octanol–water partition coefficient (Wildman–Crippen LogP) is 4.35. The molecule has 0 saturated carbocycles. The van der Waals surface area contributed by atoms with Crippen molar-refractivity contribution in [2.45, 2.75) is 20.3 Å². The van der Waals surface area contributed by atoms with Crippen molar-refractivity contribution in [1.29, 1.82) is 0 Å². The molecule has 0 aliphatic carbocycles. The van der Waals surface area contributed by atoms with Crippen molar-refractivity contribution in [1.82, 2.24) is 9.78 Å². The number of nitrogens with zero attached hydrogens (tertiary/aromatic N) is 4. The molecule has 1 aliphatic rings. The molecule has 0 saturated heterocycles. The monoisotopic (exact) mass is 518 g/mol. The third-order valence-electron chi connectivity index (χ3n) is 5.93. The molecule has 0 bridgehead atoms. The van der Waals surface area contributed by atoms with Gasteiger partial charge < -0.3 is 5.11 Å². The van der Waals surface area contributed by atoms with Crippen LogP contribution >= 0.6 is 23.2 Å². The highest BCUT2D eigenvalue weighted by Crippen LogP contribution is 2.39. The van der Waals surface area contributed by atoms with Crippen LogP contribution in [0.1, 0.15) is 23.7 Å². The maximum atomic E-state index is 13.9. The van der Waals surface area contributed by atoms with Crippen molar-refractivity contribution in [3.8, 4) is 11.6 Å². The number of halogens is 2. The van der Waals surface area contributed by atoms with Crippen LogP contribution in [0.3, 0.4) is 0 Å². The van der Waals surface area contributed by atoms with Gasteiger partial charge in [0.1, 0.15) is 5.57 Å². The second-order valence-electron chi connectivity index (χ2n) is 8.28. The third-order valence-corrected chi connectivity index (χ3v) is 6.67. The normalized spacial score (nSPS) is 13.7. The van der Waals surface area contributed by atoms with Crippen LogP contribution in [-0.2, 0) is 16.0 Å².